The van der Waals surface area contributed by atoms with E-state index in [2.05, 4.69) is 17.2 Å². The molecule has 0 saturated carbocycles. The molecule has 1 aromatic carbocycles. The summed E-state index contributed by atoms with van der Waals surface area (Å²) in [6.45, 7) is 4.03. The number of methoxy groups -OCH3 is 1. The van der Waals surface area contributed by atoms with Gasteiger partial charge in [-0.2, -0.15) is 0 Å². The van der Waals surface area contributed by atoms with E-state index in [1.54, 1.807) is 19.4 Å². The van der Waals surface area contributed by atoms with Crippen molar-refractivity contribution >= 4 is 5.91 Å². The Labute approximate surface area is 131 Å². The molecular weight excluding hydrogens is 276 g/mol. The zero-order chi connectivity index (χ0) is 15.9. The fourth-order valence-electron chi connectivity index (χ4n) is 2.43. The number of carbonyl (C=O) groups is 1. The number of nitrogens with one attached hydrogen (secondary N) is 1. The molecule has 2 aromatic rings. The van der Waals surface area contributed by atoms with Crippen LogP contribution in [0, 0.1) is 6.92 Å². The van der Waals surface area contributed by atoms with Crippen LogP contribution in [-0.2, 0) is 0 Å². The van der Waals surface area contributed by atoms with Gasteiger partial charge in [-0.25, -0.2) is 0 Å². The minimum Gasteiger partial charge on any atom is -0.496 e. The molecule has 1 heterocycles. The molecule has 0 bridgehead atoms. The number of amides is 1. The first-order chi connectivity index (χ1) is 10.7. The second kappa shape index (κ2) is 7.59. The molecular formula is C18H22N2O2. The van der Waals surface area contributed by atoms with Crippen LogP contribution in [0.2, 0.25) is 0 Å². The summed E-state index contributed by atoms with van der Waals surface area (Å²) in [6.07, 6.45) is 3.59. The van der Waals surface area contributed by atoms with Crippen molar-refractivity contribution in [2.45, 2.75) is 32.7 Å². The van der Waals surface area contributed by atoms with Crippen molar-refractivity contribution < 1.29 is 9.53 Å². The highest BCUT2D eigenvalue weighted by molar-refractivity contribution is 5.94. The molecule has 0 fully saturated rings. The molecule has 0 aliphatic heterocycles. The molecule has 1 unspecified atom stereocenters. The maximum atomic E-state index is 12.5. The highest BCUT2D eigenvalue weighted by atomic mass is 16.5. The fraction of sp³-hybridized carbons (Fsp3) is 0.333. The summed E-state index contributed by atoms with van der Waals surface area (Å²) in [5, 5.41) is 3.07. The van der Waals surface area contributed by atoms with E-state index < -0.39 is 0 Å². The summed E-state index contributed by atoms with van der Waals surface area (Å²) in [5.41, 5.74) is 2.47. The van der Waals surface area contributed by atoms with Crippen LogP contribution in [0.5, 0.6) is 5.75 Å². The summed E-state index contributed by atoms with van der Waals surface area (Å²) in [7, 11) is 1.63. The third-order valence-electron chi connectivity index (χ3n) is 3.58. The predicted molar refractivity (Wildman–Crippen MR) is 87.1 cm³/mol. The van der Waals surface area contributed by atoms with Crippen LogP contribution in [0.1, 0.15) is 47.4 Å². The molecule has 4 heteroatoms. The van der Waals surface area contributed by atoms with Crippen LogP contribution in [0.15, 0.2) is 42.6 Å². The highest BCUT2D eigenvalue weighted by Gasteiger charge is 2.16. The van der Waals surface area contributed by atoms with Gasteiger partial charge in [-0.05, 0) is 49.2 Å². The lowest BCUT2D eigenvalue weighted by molar-refractivity contribution is 0.0933. The molecule has 0 radical (unpaired) electrons. The Balaban J connectivity index is 2.16. The topological polar surface area (TPSA) is 51.2 Å². The maximum Gasteiger partial charge on any atom is 0.251 e. The average Bonchev–Trinajstić information content (AvgIpc) is 2.55. The Morgan fingerprint density at radius 1 is 1.32 bits per heavy atom. The van der Waals surface area contributed by atoms with Gasteiger partial charge < -0.3 is 10.1 Å². The van der Waals surface area contributed by atoms with Crippen LogP contribution in [-0.4, -0.2) is 18.0 Å². The lowest BCUT2D eigenvalue weighted by Crippen LogP contribution is -2.29. The number of rotatable bonds is 6. The Bertz CT molecular complexity index is 626. The number of aryl methyl sites for hydroxylation is 1. The number of hydrogen-bond donors (Lipinski definition) is 1. The van der Waals surface area contributed by atoms with Gasteiger partial charge in [0.2, 0.25) is 0 Å². The smallest absolute Gasteiger partial charge is 0.251 e. The summed E-state index contributed by atoms with van der Waals surface area (Å²) < 4.78 is 5.23. The van der Waals surface area contributed by atoms with E-state index in [1.165, 1.54) is 0 Å². The standard InChI is InChI=1S/C18H22N2O2/c1-4-7-16(15-8-5-6-11-19-15)20-18(21)14-9-10-17(22-3)13(2)12-14/h5-6,8-12,16H,4,7H2,1-3H3,(H,20,21). The molecule has 1 amide bonds. The fourth-order valence-corrected chi connectivity index (χ4v) is 2.43. The van der Waals surface area contributed by atoms with E-state index in [0.29, 0.717) is 5.56 Å². The van der Waals surface area contributed by atoms with Crippen molar-refractivity contribution in [3.05, 3.63) is 59.4 Å². The number of carbonyl (C=O) groups excluding carboxylic acids is 1. The Morgan fingerprint density at radius 3 is 2.73 bits per heavy atom. The van der Waals surface area contributed by atoms with Gasteiger partial charge in [0.1, 0.15) is 5.75 Å². The van der Waals surface area contributed by atoms with E-state index in [9.17, 15) is 4.79 Å². The average molecular weight is 298 g/mol. The SMILES string of the molecule is CCCC(NC(=O)c1ccc(OC)c(C)c1)c1ccccn1. The lowest BCUT2D eigenvalue weighted by Gasteiger charge is -2.18. The first kappa shape index (κ1) is 16.0. The molecule has 1 N–H and O–H groups in total. The highest BCUT2D eigenvalue weighted by Crippen LogP contribution is 2.20. The van der Waals surface area contributed by atoms with Crippen molar-refractivity contribution in [3.8, 4) is 5.75 Å². The minimum absolute atomic E-state index is 0.0684. The summed E-state index contributed by atoms with van der Waals surface area (Å²) in [4.78, 5) is 16.8. The van der Waals surface area contributed by atoms with Crippen LogP contribution >= 0.6 is 0 Å². The van der Waals surface area contributed by atoms with E-state index >= 15 is 0 Å². The van der Waals surface area contributed by atoms with Crippen LogP contribution in [0.3, 0.4) is 0 Å². The molecule has 0 saturated heterocycles. The van der Waals surface area contributed by atoms with E-state index in [1.807, 2.05) is 37.3 Å². The quantitative estimate of drug-likeness (QED) is 0.885. The van der Waals surface area contributed by atoms with Gasteiger partial charge in [-0.1, -0.05) is 19.4 Å². The summed E-state index contributed by atoms with van der Waals surface area (Å²) in [5.74, 6) is 0.696. The number of pyridine rings is 1. The largest absolute Gasteiger partial charge is 0.496 e. The van der Waals surface area contributed by atoms with Crippen molar-refractivity contribution in [2.75, 3.05) is 7.11 Å². The zero-order valence-corrected chi connectivity index (χ0v) is 13.3. The lowest BCUT2D eigenvalue weighted by atomic mass is 10.1. The molecule has 0 spiro atoms. The van der Waals surface area contributed by atoms with Gasteiger partial charge in [0.05, 0.1) is 18.8 Å². The van der Waals surface area contributed by atoms with Gasteiger partial charge in [0, 0.05) is 11.8 Å². The van der Waals surface area contributed by atoms with E-state index in [-0.39, 0.29) is 11.9 Å². The van der Waals surface area contributed by atoms with Gasteiger partial charge in [0.25, 0.3) is 5.91 Å². The first-order valence-electron chi connectivity index (χ1n) is 7.52. The van der Waals surface area contributed by atoms with E-state index in [4.69, 9.17) is 4.74 Å². The van der Waals surface area contributed by atoms with Gasteiger partial charge in [0.15, 0.2) is 0 Å². The van der Waals surface area contributed by atoms with Gasteiger partial charge in [-0.15, -0.1) is 0 Å². The number of ether oxygens (including phenoxy) is 1. The molecule has 1 aromatic heterocycles. The van der Waals surface area contributed by atoms with Crippen LogP contribution in [0.4, 0.5) is 0 Å². The van der Waals surface area contributed by atoms with Crippen LogP contribution in [0.25, 0.3) is 0 Å². The third-order valence-corrected chi connectivity index (χ3v) is 3.58. The second-order valence-corrected chi connectivity index (χ2v) is 5.25. The minimum atomic E-state index is -0.0881. The number of hydrogen-bond acceptors (Lipinski definition) is 3. The van der Waals surface area contributed by atoms with Crippen molar-refractivity contribution in [1.82, 2.24) is 10.3 Å². The molecule has 4 nitrogen and oxygen atoms in total. The maximum absolute atomic E-state index is 12.5. The number of aromatic nitrogens is 1. The van der Waals surface area contributed by atoms with Crippen molar-refractivity contribution in [1.29, 1.82) is 0 Å². The normalized spacial score (nSPS) is 11.8. The van der Waals surface area contributed by atoms with Gasteiger partial charge >= 0.3 is 0 Å². The molecule has 22 heavy (non-hydrogen) atoms. The molecule has 0 aliphatic carbocycles. The first-order valence-corrected chi connectivity index (χ1v) is 7.52. The summed E-state index contributed by atoms with van der Waals surface area (Å²) in [6, 6.07) is 11.1. The Hall–Kier alpha value is -2.36. The molecule has 0 aliphatic rings. The second-order valence-electron chi connectivity index (χ2n) is 5.25. The van der Waals surface area contributed by atoms with Gasteiger partial charge in [-0.3, -0.25) is 9.78 Å². The third kappa shape index (κ3) is 3.85. The Morgan fingerprint density at radius 2 is 2.14 bits per heavy atom. The predicted octanol–water partition coefficient (Wildman–Crippen LogP) is 3.67. The van der Waals surface area contributed by atoms with Crippen LogP contribution < -0.4 is 10.1 Å². The number of nitrogens with zero attached hydrogens (tertiary/aromatic N) is 1. The number of benzene rings is 1. The monoisotopic (exact) mass is 298 g/mol. The van der Waals surface area contributed by atoms with Crippen molar-refractivity contribution in [2.24, 2.45) is 0 Å². The molecule has 2 rings (SSSR count). The van der Waals surface area contributed by atoms with Crippen molar-refractivity contribution in [3.63, 3.8) is 0 Å². The Kier molecular flexibility index (Phi) is 5.53. The molecule has 116 valence electrons. The summed E-state index contributed by atoms with van der Waals surface area (Å²) >= 11 is 0. The zero-order valence-electron chi connectivity index (χ0n) is 13.3. The molecule has 1 atom stereocenters. The van der Waals surface area contributed by atoms with E-state index in [0.717, 1.165) is 29.8 Å².